The van der Waals surface area contributed by atoms with Gasteiger partial charge in [0.05, 0.1) is 23.6 Å². The molecule has 148 valence electrons. The van der Waals surface area contributed by atoms with Gasteiger partial charge in [-0.1, -0.05) is 0 Å². The lowest BCUT2D eigenvalue weighted by Gasteiger charge is -2.36. The molecular weight excluding hydrogens is 370 g/mol. The molecule has 27 heavy (non-hydrogen) atoms. The van der Waals surface area contributed by atoms with Gasteiger partial charge in [-0.2, -0.15) is 4.31 Å². The quantitative estimate of drug-likeness (QED) is 0.764. The fourth-order valence-electron chi connectivity index (χ4n) is 3.97. The van der Waals surface area contributed by atoms with Crippen molar-refractivity contribution in [2.75, 3.05) is 45.9 Å². The van der Waals surface area contributed by atoms with Crippen LogP contribution in [0.5, 0.6) is 0 Å². The van der Waals surface area contributed by atoms with Crippen molar-refractivity contribution < 1.29 is 17.6 Å². The second-order valence-corrected chi connectivity index (χ2v) is 9.28. The summed E-state index contributed by atoms with van der Waals surface area (Å²) in [5.74, 6) is -0.173. The molecule has 4 rings (SSSR count). The molecule has 0 unspecified atom stereocenters. The van der Waals surface area contributed by atoms with Crippen molar-refractivity contribution >= 4 is 21.1 Å². The average Bonchev–Trinajstić information content (AvgIpc) is 2.96. The Bertz CT molecular complexity index is 975. The second kappa shape index (κ2) is 7.38. The zero-order valence-electron chi connectivity index (χ0n) is 15.5. The van der Waals surface area contributed by atoms with Gasteiger partial charge >= 0.3 is 5.76 Å². The number of piperidine rings is 1. The predicted octanol–water partition coefficient (Wildman–Crippen LogP) is 0.864. The Morgan fingerprint density at radius 1 is 1.19 bits per heavy atom. The monoisotopic (exact) mass is 395 g/mol. The molecule has 1 aromatic heterocycles. The summed E-state index contributed by atoms with van der Waals surface area (Å²) >= 11 is 0. The zero-order valence-corrected chi connectivity index (χ0v) is 16.3. The maximum absolute atomic E-state index is 13.1. The molecule has 0 bridgehead atoms. The Labute approximate surface area is 158 Å². The number of hydrogen-bond acceptors (Lipinski definition) is 6. The van der Waals surface area contributed by atoms with Crippen LogP contribution in [-0.4, -0.2) is 68.1 Å². The number of oxazole rings is 1. The van der Waals surface area contributed by atoms with Gasteiger partial charge in [0.15, 0.2) is 5.58 Å². The zero-order chi connectivity index (χ0) is 19.0. The maximum Gasteiger partial charge on any atom is 0.419 e. The normalized spacial score (nSPS) is 23.1. The largest absolute Gasteiger partial charge is 0.419 e. The number of morpholine rings is 1. The molecule has 2 aromatic rings. The number of nitrogens with zero attached hydrogens (tertiary/aromatic N) is 3. The molecule has 0 N–H and O–H groups in total. The summed E-state index contributed by atoms with van der Waals surface area (Å²) in [4.78, 5) is 14.2. The molecule has 0 radical (unpaired) electrons. The maximum atomic E-state index is 13.1. The van der Waals surface area contributed by atoms with Gasteiger partial charge in [0.2, 0.25) is 10.0 Å². The molecular formula is C18H25N3O5S. The SMILES string of the molecule is Cn1c(=O)oc2cc(S(=O)(=O)N3CCC[C@@H](CN4CCOCC4)C3)ccc21. The van der Waals surface area contributed by atoms with E-state index in [1.54, 1.807) is 23.5 Å². The summed E-state index contributed by atoms with van der Waals surface area (Å²) < 4.78 is 39.7. The molecule has 2 aliphatic heterocycles. The Morgan fingerprint density at radius 2 is 1.96 bits per heavy atom. The van der Waals surface area contributed by atoms with Crippen molar-refractivity contribution in [1.82, 2.24) is 13.8 Å². The highest BCUT2D eigenvalue weighted by Gasteiger charge is 2.31. The highest BCUT2D eigenvalue weighted by molar-refractivity contribution is 7.89. The third-order valence-corrected chi connectivity index (χ3v) is 7.36. The van der Waals surface area contributed by atoms with Gasteiger partial charge in [-0.15, -0.1) is 0 Å². The van der Waals surface area contributed by atoms with Crippen LogP contribution in [0.25, 0.3) is 11.1 Å². The summed E-state index contributed by atoms with van der Waals surface area (Å²) in [6.07, 6.45) is 1.90. The molecule has 0 amide bonds. The Morgan fingerprint density at radius 3 is 2.74 bits per heavy atom. The van der Waals surface area contributed by atoms with Gasteiger partial charge in [-0.25, -0.2) is 13.2 Å². The van der Waals surface area contributed by atoms with Crippen LogP contribution in [0, 0.1) is 5.92 Å². The lowest BCUT2D eigenvalue weighted by atomic mass is 9.99. The lowest BCUT2D eigenvalue weighted by Crippen LogP contribution is -2.46. The van der Waals surface area contributed by atoms with Crippen molar-refractivity contribution in [2.24, 2.45) is 13.0 Å². The number of hydrogen-bond donors (Lipinski definition) is 0. The van der Waals surface area contributed by atoms with Crippen molar-refractivity contribution in [3.05, 3.63) is 28.7 Å². The van der Waals surface area contributed by atoms with E-state index in [4.69, 9.17) is 9.15 Å². The highest BCUT2D eigenvalue weighted by Crippen LogP contribution is 2.26. The number of sulfonamides is 1. The van der Waals surface area contributed by atoms with Gasteiger partial charge in [-0.05, 0) is 30.9 Å². The number of fused-ring (bicyclic) bond motifs is 1. The molecule has 2 saturated heterocycles. The number of benzene rings is 1. The van der Waals surface area contributed by atoms with Crippen LogP contribution in [0.15, 0.2) is 32.3 Å². The van der Waals surface area contributed by atoms with E-state index in [0.717, 1.165) is 45.7 Å². The summed E-state index contributed by atoms with van der Waals surface area (Å²) in [7, 11) is -2.01. The first-order valence-electron chi connectivity index (χ1n) is 9.35. The van der Waals surface area contributed by atoms with E-state index in [9.17, 15) is 13.2 Å². The van der Waals surface area contributed by atoms with Gasteiger partial charge in [0.25, 0.3) is 0 Å². The van der Waals surface area contributed by atoms with E-state index in [-0.39, 0.29) is 4.90 Å². The number of rotatable bonds is 4. The van der Waals surface area contributed by atoms with Crippen LogP contribution < -0.4 is 5.76 Å². The van der Waals surface area contributed by atoms with Gasteiger partial charge in [-0.3, -0.25) is 9.47 Å². The van der Waals surface area contributed by atoms with Crippen LogP contribution in [0.1, 0.15) is 12.8 Å². The number of aromatic nitrogens is 1. The molecule has 8 nitrogen and oxygen atoms in total. The number of ether oxygens (including phenoxy) is 1. The molecule has 3 heterocycles. The first kappa shape index (κ1) is 18.7. The van der Waals surface area contributed by atoms with Crippen LogP contribution in [0.3, 0.4) is 0 Å². The van der Waals surface area contributed by atoms with E-state index in [2.05, 4.69) is 4.90 Å². The molecule has 0 aliphatic carbocycles. The summed E-state index contributed by atoms with van der Waals surface area (Å²) in [5, 5.41) is 0. The lowest BCUT2D eigenvalue weighted by molar-refractivity contribution is 0.0265. The highest BCUT2D eigenvalue weighted by atomic mass is 32.2. The third-order valence-electron chi connectivity index (χ3n) is 5.50. The summed E-state index contributed by atoms with van der Waals surface area (Å²) in [5.41, 5.74) is 0.883. The second-order valence-electron chi connectivity index (χ2n) is 7.34. The summed E-state index contributed by atoms with van der Waals surface area (Å²) in [6, 6.07) is 4.64. The minimum Gasteiger partial charge on any atom is -0.408 e. The van der Waals surface area contributed by atoms with Crippen molar-refractivity contribution in [3.8, 4) is 0 Å². The molecule has 9 heteroatoms. The van der Waals surface area contributed by atoms with Gasteiger partial charge in [0, 0.05) is 45.8 Å². The number of aryl methyl sites for hydroxylation is 1. The minimum atomic E-state index is -3.61. The molecule has 0 saturated carbocycles. The average molecular weight is 395 g/mol. The molecule has 2 fully saturated rings. The fraction of sp³-hybridized carbons (Fsp3) is 0.611. The minimum absolute atomic E-state index is 0.177. The molecule has 2 aliphatic rings. The third kappa shape index (κ3) is 3.69. The Kier molecular flexibility index (Phi) is 5.11. The van der Waals surface area contributed by atoms with Crippen molar-refractivity contribution in [3.63, 3.8) is 0 Å². The molecule has 1 aromatic carbocycles. The first-order chi connectivity index (χ1) is 12.9. The van der Waals surface area contributed by atoms with E-state index in [1.807, 2.05) is 0 Å². The van der Waals surface area contributed by atoms with Crippen molar-refractivity contribution in [1.29, 1.82) is 0 Å². The molecule has 0 spiro atoms. The Hall–Kier alpha value is -1.68. The van der Waals surface area contributed by atoms with Crippen LogP contribution >= 0.6 is 0 Å². The standard InChI is InChI=1S/C18H25N3O5S/c1-19-16-5-4-15(11-17(16)26-18(19)22)27(23,24)21-6-2-3-14(13-21)12-20-7-9-25-10-8-20/h4-5,11,14H,2-3,6-10,12-13H2,1H3/t14-/m0/s1. The Balaban J connectivity index is 1.53. The van der Waals surface area contributed by atoms with E-state index in [0.29, 0.717) is 30.1 Å². The van der Waals surface area contributed by atoms with E-state index < -0.39 is 15.8 Å². The smallest absolute Gasteiger partial charge is 0.408 e. The van der Waals surface area contributed by atoms with Crippen molar-refractivity contribution in [2.45, 2.75) is 17.7 Å². The predicted molar refractivity (Wildman–Crippen MR) is 100 cm³/mol. The first-order valence-corrected chi connectivity index (χ1v) is 10.8. The van der Waals surface area contributed by atoms with E-state index in [1.165, 1.54) is 10.6 Å². The van der Waals surface area contributed by atoms with Gasteiger partial charge in [0.1, 0.15) is 0 Å². The fourth-order valence-corrected chi connectivity index (χ4v) is 5.54. The van der Waals surface area contributed by atoms with Crippen LogP contribution in [0.4, 0.5) is 0 Å². The molecule has 1 atom stereocenters. The summed E-state index contributed by atoms with van der Waals surface area (Å²) in [6.45, 7) is 5.27. The van der Waals surface area contributed by atoms with E-state index >= 15 is 0 Å². The van der Waals surface area contributed by atoms with Crippen LogP contribution in [0.2, 0.25) is 0 Å². The van der Waals surface area contributed by atoms with Gasteiger partial charge < -0.3 is 9.15 Å². The topological polar surface area (TPSA) is 85.0 Å². The van der Waals surface area contributed by atoms with Crippen LogP contribution in [-0.2, 0) is 21.8 Å².